The zero-order valence-corrected chi connectivity index (χ0v) is 26.2. The van der Waals surface area contributed by atoms with Gasteiger partial charge >= 0.3 is 13.5 Å². The number of aromatic nitrogens is 2. The van der Waals surface area contributed by atoms with Gasteiger partial charge in [-0.3, -0.25) is 37.5 Å². The van der Waals surface area contributed by atoms with E-state index in [0.717, 1.165) is 40.4 Å². The van der Waals surface area contributed by atoms with E-state index in [1.807, 2.05) is 4.98 Å². The molecule has 1 saturated heterocycles. The highest BCUT2D eigenvalue weighted by Crippen LogP contribution is 2.53. The van der Waals surface area contributed by atoms with E-state index in [1.54, 1.807) is 41.5 Å². The first kappa shape index (κ1) is 34.9. The molecule has 16 heteroatoms. The summed E-state index contributed by atoms with van der Waals surface area (Å²) in [5.41, 5.74) is -4.72. The van der Waals surface area contributed by atoms with E-state index in [1.165, 1.54) is 6.92 Å². The van der Waals surface area contributed by atoms with E-state index in [0.29, 0.717) is 0 Å². The van der Waals surface area contributed by atoms with E-state index in [2.05, 4.69) is 0 Å². The van der Waals surface area contributed by atoms with Gasteiger partial charge in [0.25, 0.3) is 5.56 Å². The molecule has 0 amide bonds. The van der Waals surface area contributed by atoms with Gasteiger partial charge in [0.2, 0.25) is 5.85 Å². The summed E-state index contributed by atoms with van der Waals surface area (Å²) in [4.78, 5) is 49.9. The molecule has 40 heavy (non-hydrogen) atoms. The van der Waals surface area contributed by atoms with Crippen LogP contribution in [0.3, 0.4) is 0 Å². The summed E-state index contributed by atoms with van der Waals surface area (Å²) in [5, 5.41) is 10.5. The minimum atomic E-state index is -4.43. The summed E-state index contributed by atoms with van der Waals surface area (Å²) in [6.45, 7) is 10.3. The summed E-state index contributed by atoms with van der Waals surface area (Å²) >= 11 is 1.93. The Morgan fingerprint density at radius 1 is 1.10 bits per heavy atom. The molecule has 0 saturated carbocycles. The Morgan fingerprint density at radius 2 is 1.60 bits per heavy atom. The van der Waals surface area contributed by atoms with Crippen LogP contribution in [0.15, 0.2) is 21.9 Å². The summed E-state index contributed by atoms with van der Waals surface area (Å²) in [5.74, 6) is -2.49. The van der Waals surface area contributed by atoms with Gasteiger partial charge in [0.1, 0.15) is 12.2 Å². The number of rotatable bonds is 12. The Bertz CT molecular complexity index is 1190. The molecule has 12 nitrogen and oxygen atoms in total. The van der Waals surface area contributed by atoms with Crippen molar-refractivity contribution in [2.45, 2.75) is 72.6 Å². The maximum Gasteiger partial charge on any atom is 0.475 e. The van der Waals surface area contributed by atoms with Gasteiger partial charge in [-0.15, -0.1) is 0 Å². The normalized spacial score (nSPS) is 23.9. The number of hydrogen-bond acceptors (Lipinski definition) is 12. The SMILES string of the molecule is CC(C)(C)C(=O)SCCOP(=O)(OCCSC(=O)C(C)(C)C)OC[C@]1(F)C[C@@](C)(O)[C@H](n2ccc(=O)[nH]c2=O)O1. The fraction of sp³-hybridized carbons (Fsp3) is 0.750. The standard InChI is InChI=1S/C24H38FN2O10PS2/c1-21(2,3)18(29)39-12-10-34-38(33,35-11-13-40-19(30)22(4,5)6)36-15-24(25)14-23(7,32)17(37-24)27-9-8-16(28)26-20(27)31/h8-9,17,32H,10-15H2,1-7H3,(H,26,28,31)/t17-,23-,24+/m1/s1. The highest BCUT2D eigenvalue weighted by Gasteiger charge is 2.56. The maximum atomic E-state index is 15.7. The number of nitrogens with one attached hydrogen (secondary N) is 1. The fourth-order valence-corrected chi connectivity index (χ4v) is 6.35. The van der Waals surface area contributed by atoms with Crippen molar-refractivity contribution >= 4 is 41.6 Å². The third kappa shape index (κ3) is 10.2. The van der Waals surface area contributed by atoms with E-state index < -0.39 is 60.6 Å². The number of aliphatic hydroxyl groups is 1. The number of ether oxygens (including phenoxy) is 1. The number of carbonyl (C=O) groups is 2. The van der Waals surface area contributed by atoms with Crippen molar-refractivity contribution in [3.05, 3.63) is 33.1 Å². The lowest BCUT2D eigenvalue weighted by Crippen LogP contribution is -2.40. The summed E-state index contributed by atoms with van der Waals surface area (Å²) in [6.07, 6.45) is -1.16. The molecule has 0 bridgehead atoms. The number of carbonyl (C=O) groups excluding carboxylic acids is 2. The van der Waals surface area contributed by atoms with Crippen molar-refractivity contribution in [1.29, 1.82) is 0 Å². The van der Waals surface area contributed by atoms with Gasteiger partial charge < -0.3 is 9.84 Å². The second kappa shape index (κ2) is 13.3. The molecule has 3 atom stereocenters. The summed E-state index contributed by atoms with van der Waals surface area (Å²) in [7, 11) is -4.43. The second-order valence-corrected chi connectivity index (χ2v) is 15.4. The highest BCUT2D eigenvalue weighted by atomic mass is 32.2. The van der Waals surface area contributed by atoms with Crippen LogP contribution in [0.4, 0.5) is 4.39 Å². The third-order valence-electron chi connectivity index (χ3n) is 5.38. The quantitative estimate of drug-likeness (QED) is 0.256. The van der Waals surface area contributed by atoms with E-state index in [-0.39, 0.29) is 35.0 Å². The monoisotopic (exact) mass is 628 g/mol. The number of thioether (sulfide) groups is 2. The van der Waals surface area contributed by atoms with Gasteiger partial charge in [-0.1, -0.05) is 65.1 Å². The predicted molar refractivity (Wildman–Crippen MR) is 150 cm³/mol. The average molecular weight is 629 g/mol. The first-order chi connectivity index (χ1) is 18.2. The summed E-state index contributed by atoms with van der Waals surface area (Å²) in [6, 6.07) is 1.01. The zero-order chi connectivity index (χ0) is 30.6. The van der Waals surface area contributed by atoms with Gasteiger partial charge in [0, 0.05) is 41.0 Å². The van der Waals surface area contributed by atoms with Crippen LogP contribution in [0.2, 0.25) is 0 Å². The molecule has 0 unspecified atom stereocenters. The van der Waals surface area contributed by atoms with Crippen molar-refractivity contribution in [3.8, 4) is 0 Å². The molecule has 2 N–H and O–H groups in total. The molecule has 1 aromatic heterocycles. The van der Waals surface area contributed by atoms with Crippen molar-refractivity contribution < 1.29 is 42.0 Å². The van der Waals surface area contributed by atoms with Crippen LogP contribution < -0.4 is 11.2 Å². The Morgan fingerprint density at radius 3 is 2.05 bits per heavy atom. The molecule has 1 fully saturated rings. The van der Waals surface area contributed by atoms with Crippen LogP contribution in [0.5, 0.6) is 0 Å². The molecular weight excluding hydrogens is 590 g/mol. The molecule has 2 rings (SSSR count). The number of alkyl halides is 1. The van der Waals surface area contributed by atoms with Crippen molar-refractivity contribution in [2.75, 3.05) is 31.3 Å². The number of aromatic amines is 1. The van der Waals surface area contributed by atoms with Crippen LogP contribution in [0.1, 0.15) is 61.1 Å². The molecule has 1 aliphatic heterocycles. The first-order valence-corrected chi connectivity index (χ1v) is 15.9. The molecule has 1 aromatic rings. The molecule has 2 heterocycles. The van der Waals surface area contributed by atoms with Gasteiger partial charge in [-0.25, -0.2) is 13.8 Å². The van der Waals surface area contributed by atoms with Gasteiger partial charge in [-0.2, -0.15) is 0 Å². The van der Waals surface area contributed by atoms with Crippen LogP contribution in [-0.4, -0.2) is 67.7 Å². The molecule has 0 aliphatic carbocycles. The van der Waals surface area contributed by atoms with Crippen LogP contribution in [0, 0.1) is 10.8 Å². The number of phosphoric acid groups is 1. The Kier molecular flexibility index (Phi) is 11.6. The van der Waals surface area contributed by atoms with E-state index in [9.17, 15) is 28.8 Å². The number of H-pyrrole nitrogens is 1. The molecule has 228 valence electrons. The Balaban J connectivity index is 2.10. The fourth-order valence-electron chi connectivity index (χ4n) is 3.33. The lowest BCUT2D eigenvalue weighted by molar-refractivity contribution is -0.184. The zero-order valence-electron chi connectivity index (χ0n) is 23.7. The smallest absolute Gasteiger partial charge is 0.385 e. The first-order valence-electron chi connectivity index (χ1n) is 12.5. The second-order valence-electron chi connectivity index (χ2n) is 11.6. The molecular formula is C24H38FN2O10PS2. The molecule has 0 radical (unpaired) electrons. The minimum Gasteiger partial charge on any atom is -0.385 e. The number of nitrogens with zero attached hydrogens (tertiary/aromatic N) is 1. The summed E-state index contributed by atoms with van der Waals surface area (Å²) < 4.78 is 51.1. The van der Waals surface area contributed by atoms with Crippen LogP contribution in [-0.2, 0) is 32.5 Å². The van der Waals surface area contributed by atoms with Gasteiger partial charge in [-0.05, 0) is 6.92 Å². The third-order valence-corrected chi connectivity index (χ3v) is 9.31. The molecule has 0 aromatic carbocycles. The van der Waals surface area contributed by atoms with Crippen LogP contribution in [0.25, 0.3) is 0 Å². The lowest BCUT2D eigenvalue weighted by atomic mass is 9.99. The van der Waals surface area contributed by atoms with Gasteiger partial charge in [0.15, 0.2) is 16.5 Å². The highest BCUT2D eigenvalue weighted by molar-refractivity contribution is 8.14. The molecule has 0 spiro atoms. The van der Waals surface area contributed by atoms with Crippen LogP contribution >= 0.6 is 31.3 Å². The largest absolute Gasteiger partial charge is 0.475 e. The lowest BCUT2D eigenvalue weighted by Gasteiger charge is -2.25. The minimum absolute atomic E-state index is 0.113. The van der Waals surface area contributed by atoms with E-state index in [4.69, 9.17) is 18.3 Å². The van der Waals surface area contributed by atoms with Crippen molar-refractivity contribution in [3.63, 3.8) is 0 Å². The Labute approximate surface area is 240 Å². The van der Waals surface area contributed by atoms with Gasteiger partial charge in [0.05, 0.1) is 13.2 Å². The number of phosphoric ester groups is 1. The number of halogens is 1. The average Bonchev–Trinajstić information content (AvgIpc) is 3.05. The topological polar surface area (TPSA) is 163 Å². The predicted octanol–water partition coefficient (Wildman–Crippen LogP) is 3.64. The Hall–Kier alpha value is -1.32. The molecule has 1 aliphatic rings. The van der Waals surface area contributed by atoms with E-state index >= 15 is 4.39 Å². The number of hydrogen-bond donors (Lipinski definition) is 2. The van der Waals surface area contributed by atoms with Crippen molar-refractivity contribution in [2.24, 2.45) is 10.8 Å². The van der Waals surface area contributed by atoms with Crippen molar-refractivity contribution in [1.82, 2.24) is 9.55 Å². The maximum absolute atomic E-state index is 15.7.